The lowest BCUT2D eigenvalue weighted by Crippen LogP contribution is -2.22. The minimum atomic E-state index is -4.89. The van der Waals surface area contributed by atoms with Gasteiger partial charge in [-0.2, -0.15) is 13.2 Å². The molecule has 1 aromatic heterocycles. The Morgan fingerprint density at radius 1 is 1.58 bits per heavy atom. The summed E-state index contributed by atoms with van der Waals surface area (Å²) < 4.78 is 39.4. The molecule has 0 spiro atoms. The molecule has 0 N–H and O–H groups in total. The summed E-state index contributed by atoms with van der Waals surface area (Å²) in [4.78, 5) is 10.4. The molecule has 0 fully saturated rings. The Kier molecular flexibility index (Phi) is 1.91. The van der Waals surface area contributed by atoms with Crippen molar-refractivity contribution in [2.24, 2.45) is 0 Å². The molecule has 1 heterocycles. The van der Waals surface area contributed by atoms with Crippen molar-refractivity contribution in [1.29, 1.82) is 0 Å². The number of halogens is 3. The van der Waals surface area contributed by atoms with Gasteiger partial charge in [0.25, 0.3) is 5.78 Å². The van der Waals surface area contributed by atoms with E-state index in [0.717, 1.165) is 6.07 Å². The van der Waals surface area contributed by atoms with Crippen LogP contribution >= 0.6 is 0 Å². The van der Waals surface area contributed by atoms with Gasteiger partial charge in [-0.1, -0.05) is 5.16 Å². The lowest BCUT2D eigenvalue weighted by molar-refractivity contribution is -0.0889. The first kappa shape index (κ1) is 8.76. The van der Waals surface area contributed by atoms with E-state index in [9.17, 15) is 18.0 Å². The maximum Gasteiger partial charge on any atom is 0.456 e. The molecular formula is C6H4F3NO2. The maximum atomic E-state index is 11.7. The Balaban J connectivity index is 2.93. The van der Waals surface area contributed by atoms with E-state index in [1.807, 2.05) is 0 Å². The summed E-state index contributed by atoms with van der Waals surface area (Å²) in [5, 5.41) is 2.94. The molecule has 1 aromatic rings. The molecule has 0 unspecified atom stereocenters. The van der Waals surface area contributed by atoms with E-state index in [2.05, 4.69) is 9.68 Å². The summed E-state index contributed by atoms with van der Waals surface area (Å²) in [7, 11) is 0. The summed E-state index contributed by atoms with van der Waals surface area (Å²) in [6.07, 6.45) is -4.89. The van der Waals surface area contributed by atoms with Crippen LogP contribution in [0, 0.1) is 6.92 Å². The third-order valence-corrected chi connectivity index (χ3v) is 1.12. The molecule has 3 nitrogen and oxygen atoms in total. The van der Waals surface area contributed by atoms with Gasteiger partial charge in [0.05, 0.1) is 0 Å². The molecular weight excluding hydrogens is 175 g/mol. The first-order chi connectivity index (χ1) is 5.41. The number of hydrogen-bond donors (Lipinski definition) is 0. The average Bonchev–Trinajstić information content (AvgIpc) is 2.32. The van der Waals surface area contributed by atoms with Crippen LogP contribution in [-0.4, -0.2) is 17.1 Å². The Morgan fingerprint density at radius 3 is 2.50 bits per heavy atom. The van der Waals surface area contributed by atoms with Gasteiger partial charge >= 0.3 is 6.18 Å². The summed E-state index contributed by atoms with van der Waals surface area (Å²) in [6, 6.07) is 0.940. The predicted molar refractivity (Wildman–Crippen MR) is 31.6 cm³/mol. The third-order valence-electron chi connectivity index (χ3n) is 1.12. The molecule has 0 atom stereocenters. The zero-order valence-electron chi connectivity index (χ0n) is 5.97. The largest absolute Gasteiger partial charge is 0.456 e. The number of rotatable bonds is 1. The Bertz CT molecular complexity index is 302. The van der Waals surface area contributed by atoms with Gasteiger partial charge in [0, 0.05) is 6.07 Å². The zero-order valence-corrected chi connectivity index (χ0v) is 5.97. The number of carbonyl (C=O) groups excluding carboxylic acids is 1. The van der Waals surface area contributed by atoms with Gasteiger partial charge in [0.15, 0.2) is 5.69 Å². The molecule has 0 aliphatic heterocycles. The van der Waals surface area contributed by atoms with Crippen LogP contribution in [0.15, 0.2) is 10.6 Å². The lowest BCUT2D eigenvalue weighted by Gasteiger charge is -1.99. The highest BCUT2D eigenvalue weighted by molar-refractivity contribution is 5.98. The third kappa shape index (κ3) is 1.63. The number of hydrogen-bond acceptors (Lipinski definition) is 3. The predicted octanol–water partition coefficient (Wildman–Crippen LogP) is 1.73. The first-order valence-electron chi connectivity index (χ1n) is 2.96. The highest BCUT2D eigenvalue weighted by Crippen LogP contribution is 2.20. The number of alkyl halides is 3. The van der Waals surface area contributed by atoms with Crippen molar-refractivity contribution in [1.82, 2.24) is 5.16 Å². The minimum absolute atomic E-state index is 0.169. The van der Waals surface area contributed by atoms with Crippen molar-refractivity contribution in [2.75, 3.05) is 0 Å². The fourth-order valence-corrected chi connectivity index (χ4v) is 0.619. The Labute approximate surface area is 65.1 Å². The van der Waals surface area contributed by atoms with Crippen molar-refractivity contribution in [2.45, 2.75) is 13.1 Å². The molecule has 6 heteroatoms. The van der Waals surface area contributed by atoms with Crippen molar-refractivity contribution in [3.8, 4) is 0 Å². The van der Waals surface area contributed by atoms with Crippen molar-refractivity contribution in [3.63, 3.8) is 0 Å². The van der Waals surface area contributed by atoms with Crippen LogP contribution in [0.4, 0.5) is 13.2 Å². The zero-order chi connectivity index (χ0) is 9.35. The monoisotopic (exact) mass is 179 g/mol. The smallest absolute Gasteiger partial charge is 0.361 e. The summed E-state index contributed by atoms with van der Waals surface area (Å²) in [6.45, 7) is 1.40. The molecule has 0 saturated carbocycles. The van der Waals surface area contributed by atoms with Gasteiger partial charge in [-0.3, -0.25) is 4.79 Å². The molecule has 66 valence electrons. The topological polar surface area (TPSA) is 43.1 Å². The van der Waals surface area contributed by atoms with E-state index in [1.54, 1.807) is 0 Å². The fourth-order valence-electron chi connectivity index (χ4n) is 0.619. The van der Waals surface area contributed by atoms with Crippen LogP contribution in [0.25, 0.3) is 0 Å². The van der Waals surface area contributed by atoms with Crippen LogP contribution in [0.2, 0.25) is 0 Å². The van der Waals surface area contributed by atoms with Crippen molar-refractivity contribution in [3.05, 3.63) is 17.5 Å². The number of nitrogens with zero attached hydrogens (tertiary/aromatic N) is 1. The van der Waals surface area contributed by atoms with Crippen LogP contribution in [0.3, 0.4) is 0 Å². The molecule has 0 radical (unpaired) electrons. The second kappa shape index (κ2) is 2.62. The quantitative estimate of drug-likeness (QED) is 0.616. The number of carbonyl (C=O) groups is 1. The Morgan fingerprint density at radius 2 is 2.17 bits per heavy atom. The van der Waals surface area contributed by atoms with E-state index in [4.69, 9.17) is 0 Å². The fraction of sp³-hybridized carbons (Fsp3) is 0.333. The normalized spacial score (nSPS) is 11.7. The number of Topliss-reactive ketones (excluding diaryl/α,β-unsaturated/α-hetero) is 1. The number of ketones is 1. The second-order valence-electron chi connectivity index (χ2n) is 2.15. The SMILES string of the molecule is Cc1cc(C(=O)C(F)(F)F)no1. The summed E-state index contributed by atoms with van der Waals surface area (Å²) >= 11 is 0. The highest BCUT2D eigenvalue weighted by atomic mass is 19.4. The van der Waals surface area contributed by atoms with E-state index in [0.29, 0.717) is 0 Å². The summed E-state index contributed by atoms with van der Waals surface area (Å²) in [5.41, 5.74) is -0.708. The molecule has 12 heavy (non-hydrogen) atoms. The molecule has 0 aromatic carbocycles. The second-order valence-corrected chi connectivity index (χ2v) is 2.15. The molecule has 0 saturated heterocycles. The molecule has 1 rings (SSSR count). The molecule has 0 aliphatic rings. The van der Waals surface area contributed by atoms with Crippen molar-refractivity contribution < 1.29 is 22.5 Å². The number of aryl methyl sites for hydroxylation is 1. The van der Waals surface area contributed by atoms with E-state index in [-0.39, 0.29) is 5.76 Å². The van der Waals surface area contributed by atoms with Crippen LogP contribution in [0.1, 0.15) is 16.2 Å². The van der Waals surface area contributed by atoms with Gasteiger partial charge < -0.3 is 4.52 Å². The van der Waals surface area contributed by atoms with Gasteiger partial charge in [0.1, 0.15) is 5.76 Å². The molecule has 0 bridgehead atoms. The van der Waals surface area contributed by atoms with E-state index >= 15 is 0 Å². The lowest BCUT2D eigenvalue weighted by atomic mass is 10.2. The van der Waals surface area contributed by atoms with Crippen LogP contribution in [-0.2, 0) is 0 Å². The standard InChI is InChI=1S/C6H4F3NO2/c1-3-2-4(10-12-3)5(11)6(7,8)9/h2H,1H3. The van der Waals surface area contributed by atoms with E-state index in [1.165, 1.54) is 6.92 Å². The van der Waals surface area contributed by atoms with Crippen LogP contribution in [0.5, 0.6) is 0 Å². The summed E-state index contributed by atoms with van der Waals surface area (Å²) in [5.74, 6) is -1.82. The maximum absolute atomic E-state index is 11.7. The van der Waals surface area contributed by atoms with Gasteiger partial charge in [-0.15, -0.1) is 0 Å². The molecule has 0 amide bonds. The van der Waals surface area contributed by atoms with Crippen LogP contribution < -0.4 is 0 Å². The Hall–Kier alpha value is -1.33. The average molecular weight is 179 g/mol. The molecule has 0 aliphatic carbocycles. The minimum Gasteiger partial charge on any atom is -0.361 e. The first-order valence-corrected chi connectivity index (χ1v) is 2.96. The van der Waals surface area contributed by atoms with Crippen molar-refractivity contribution >= 4 is 5.78 Å². The number of aromatic nitrogens is 1. The highest BCUT2D eigenvalue weighted by Gasteiger charge is 2.41. The van der Waals surface area contributed by atoms with Gasteiger partial charge in [-0.05, 0) is 6.92 Å². The van der Waals surface area contributed by atoms with E-state index < -0.39 is 17.7 Å². The van der Waals surface area contributed by atoms with Gasteiger partial charge in [0.2, 0.25) is 0 Å². The van der Waals surface area contributed by atoms with Gasteiger partial charge in [-0.25, -0.2) is 0 Å².